The highest BCUT2D eigenvalue weighted by molar-refractivity contribution is 14.1. The summed E-state index contributed by atoms with van der Waals surface area (Å²) in [6, 6.07) is 7.94. The van der Waals surface area contributed by atoms with E-state index in [-0.39, 0.29) is 17.7 Å². The zero-order chi connectivity index (χ0) is 29.8. The van der Waals surface area contributed by atoms with Gasteiger partial charge in [0.25, 0.3) is 5.56 Å². The Morgan fingerprint density at radius 2 is 1.80 bits per heavy atom. The molecule has 0 saturated carbocycles. The topological polar surface area (TPSA) is 115 Å². The molecule has 0 saturated heterocycles. The molecule has 10 nitrogen and oxygen atoms in total. The van der Waals surface area contributed by atoms with Gasteiger partial charge in [0.05, 0.1) is 52.8 Å². The average Bonchev–Trinajstić information content (AvgIpc) is 3.23. The first kappa shape index (κ1) is 30.3. The number of halogens is 1. The minimum absolute atomic E-state index is 0.169. The standard InChI is InChI=1S/C29H29IN2O8S/c1-7-38-22-12-17(11-19(30)26(22)40-16(4)33)13-23-27(34)32-25(18-9-10-20(36-5)21(14-18)37-6)24(28(35)39-8-2)15(3)31-29(32)41-23/h9-14,25H,7-8H2,1-6H3/b23-13-/t25-/m1/s1. The van der Waals surface area contributed by atoms with Crippen LogP contribution in [-0.4, -0.2) is 43.9 Å². The Morgan fingerprint density at radius 1 is 1.07 bits per heavy atom. The van der Waals surface area contributed by atoms with E-state index < -0.39 is 18.0 Å². The van der Waals surface area contributed by atoms with Gasteiger partial charge in [0.1, 0.15) is 0 Å². The van der Waals surface area contributed by atoms with Gasteiger partial charge in [-0.3, -0.25) is 14.2 Å². The van der Waals surface area contributed by atoms with Crippen molar-refractivity contribution in [3.63, 3.8) is 0 Å². The van der Waals surface area contributed by atoms with Gasteiger partial charge in [-0.15, -0.1) is 0 Å². The number of aromatic nitrogens is 1. The quantitative estimate of drug-likeness (QED) is 0.190. The Bertz CT molecular complexity index is 1720. The van der Waals surface area contributed by atoms with E-state index in [0.717, 1.165) is 0 Å². The van der Waals surface area contributed by atoms with Crippen molar-refractivity contribution in [1.82, 2.24) is 4.57 Å². The molecule has 2 heterocycles. The summed E-state index contributed by atoms with van der Waals surface area (Å²) in [6.07, 6.45) is 1.72. The normalized spacial score (nSPS) is 14.7. The predicted molar refractivity (Wildman–Crippen MR) is 162 cm³/mol. The molecule has 0 N–H and O–H groups in total. The number of allylic oxidation sites excluding steroid dienone is 1. The zero-order valence-electron chi connectivity index (χ0n) is 23.4. The smallest absolute Gasteiger partial charge is 0.338 e. The van der Waals surface area contributed by atoms with Crippen molar-refractivity contribution in [1.29, 1.82) is 0 Å². The molecule has 0 radical (unpaired) electrons. The Hall–Kier alpha value is -3.65. The van der Waals surface area contributed by atoms with Crippen molar-refractivity contribution in [3.05, 3.63) is 76.0 Å². The average molecular weight is 693 g/mol. The minimum atomic E-state index is -0.808. The lowest BCUT2D eigenvalue weighted by atomic mass is 9.95. The second-order valence-corrected chi connectivity index (χ2v) is 10.9. The van der Waals surface area contributed by atoms with Crippen LogP contribution >= 0.6 is 33.9 Å². The first-order chi connectivity index (χ1) is 19.6. The van der Waals surface area contributed by atoms with Crippen LogP contribution in [0, 0.1) is 3.57 Å². The van der Waals surface area contributed by atoms with Gasteiger partial charge in [0.15, 0.2) is 27.8 Å². The largest absolute Gasteiger partial charge is 0.493 e. The maximum absolute atomic E-state index is 14.0. The lowest BCUT2D eigenvalue weighted by molar-refractivity contribution is -0.139. The van der Waals surface area contributed by atoms with E-state index in [9.17, 15) is 14.4 Å². The summed E-state index contributed by atoms with van der Waals surface area (Å²) >= 11 is 3.26. The maximum atomic E-state index is 14.0. The number of esters is 2. The highest BCUT2D eigenvalue weighted by atomic mass is 127. The van der Waals surface area contributed by atoms with E-state index in [4.69, 9.17) is 23.7 Å². The summed E-state index contributed by atoms with van der Waals surface area (Å²) in [5, 5.41) is 0. The van der Waals surface area contributed by atoms with Gasteiger partial charge in [0, 0.05) is 6.92 Å². The molecule has 41 heavy (non-hydrogen) atoms. The Kier molecular flexibility index (Phi) is 9.53. The molecule has 216 valence electrons. The van der Waals surface area contributed by atoms with Crippen LogP contribution < -0.4 is 33.8 Å². The monoisotopic (exact) mass is 692 g/mol. The molecule has 0 fully saturated rings. The first-order valence-corrected chi connectivity index (χ1v) is 14.6. The van der Waals surface area contributed by atoms with Crippen molar-refractivity contribution in [2.75, 3.05) is 27.4 Å². The van der Waals surface area contributed by atoms with Gasteiger partial charge < -0.3 is 23.7 Å². The number of benzene rings is 2. The number of rotatable bonds is 9. The molecule has 4 rings (SSSR count). The SMILES string of the molecule is CCOC(=O)C1=C(C)N=c2s/c(=C\c3cc(I)c(OC(C)=O)c(OCC)c3)c(=O)n2[C@@H]1c1ccc(OC)c(OC)c1. The number of carbonyl (C=O) groups excluding carboxylic acids is 2. The fraction of sp³-hybridized carbons (Fsp3) is 0.310. The molecule has 0 unspecified atom stereocenters. The fourth-order valence-corrected chi connectivity index (χ4v) is 6.24. The van der Waals surface area contributed by atoms with Gasteiger partial charge in [-0.1, -0.05) is 17.4 Å². The van der Waals surface area contributed by atoms with Crippen molar-refractivity contribution in [2.45, 2.75) is 33.7 Å². The third-order valence-corrected chi connectivity index (χ3v) is 7.90. The number of carbonyl (C=O) groups is 2. The molecule has 1 atom stereocenters. The van der Waals surface area contributed by atoms with E-state index in [1.807, 2.05) is 6.92 Å². The van der Waals surface area contributed by atoms with Crippen LogP contribution in [0.5, 0.6) is 23.0 Å². The van der Waals surface area contributed by atoms with Crippen LogP contribution in [-0.2, 0) is 14.3 Å². The summed E-state index contributed by atoms with van der Waals surface area (Å²) < 4.78 is 29.9. The van der Waals surface area contributed by atoms with Gasteiger partial charge in [0.2, 0.25) is 0 Å². The summed E-state index contributed by atoms with van der Waals surface area (Å²) in [7, 11) is 3.05. The van der Waals surface area contributed by atoms with Gasteiger partial charge >= 0.3 is 11.9 Å². The van der Waals surface area contributed by atoms with Crippen molar-refractivity contribution in [2.24, 2.45) is 4.99 Å². The van der Waals surface area contributed by atoms with Crippen molar-refractivity contribution in [3.8, 4) is 23.0 Å². The molecule has 1 aliphatic rings. The van der Waals surface area contributed by atoms with Crippen LogP contribution in [0.3, 0.4) is 0 Å². The van der Waals surface area contributed by atoms with E-state index in [2.05, 4.69) is 27.6 Å². The van der Waals surface area contributed by atoms with Crippen LogP contribution in [0.2, 0.25) is 0 Å². The van der Waals surface area contributed by atoms with Gasteiger partial charge in [-0.05, 0) is 84.8 Å². The highest BCUT2D eigenvalue weighted by Gasteiger charge is 2.34. The molecule has 1 aromatic heterocycles. The number of ether oxygens (including phenoxy) is 5. The lowest BCUT2D eigenvalue weighted by Crippen LogP contribution is -2.40. The molecule has 12 heteroatoms. The molecular formula is C29H29IN2O8S. The molecular weight excluding hydrogens is 663 g/mol. The van der Waals surface area contributed by atoms with Crippen LogP contribution in [0.15, 0.2) is 51.4 Å². The molecule has 0 bridgehead atoms. The fourth-order valence-electron chi connectivity index (χ4n) is 4.46. The Labute approximate surface area is 254 Å². The molecule has 1 aliphatic heterocycles. The van der Waals surface area contributed by atoms with Gasteiger partial charge in [-0.2, -0.15) is 0 Å². The summed E-state index contributed by atoms with van der Waals surface area (Å²) in [6.45, 7) is 7.12. The highest BCUT2D eigenvalue weighted by Crippen LogP contribution is 2.37. The molecule has 0 spiro atoms. The summed E-state index contributed by atoms with van der Waals surface area (Å²) in [5.74, 6) is 0.654. The number of hydrogen-bond acceptors (Lipinski definition) is 10. The number of hydrogen-bond donors (Lipinski definition) is 0. The van der Waals surface area contributed by atoms with E-state index >= 15 is 0 Å². The minimum Gasteiger partial charge on any atom is -0.493 e. The zero-order valence-corrected chi connectivity index (χ0v) is 26.4. The molecule has 0 aliphatic carbocycles. The van der Waals surface area contributed by atoms with Crippen LogP contribution in [0.1, 0.15) is 44.9 Å². The van der Waals surface area contributed by atoms with E-state index in [1.165, 1.54) is 37.0 Å². The third-order valence-electron chi connectivity index (χ3n) is 6.12. The van der Waals surface area contributed by atoms with E-state index in [1.54, 1.807) is 50.3 Å². The second kappa shape index (κ2) is 12.9. The van der Waals surface area contributed by atoms with Gasteiger partial charge in [-0.25, -0.2) is 9.79 Å². The maximum Gasteiger partial charge on any atom is 0.338 e. The second-order valence-electron chi connectivity index (χ2n) is 8.77. The van der Waals surface area contributed by atoms with Crippen molar-refractivity contribution >= 4 is 51.9 Å². The number of nitrogens with zero attached hydrogens (tertiary/aromatic N) is 2. The van der Waals surface area contributed by atoms with Crippen LogP contribution in [0.25, 0.3) is 6.08 Å². The Morgan fingerprint density at radius 3 is 2.44 bits per heavy atom. The number of fused-ring (bicyclic) bond motifs is 1. The third kappa shape index (κ3) is 6.17. The van der Waals surface area contributed by atoms with Crippen molar-refractivity contribution < 1.29 is 33.3 Å². The van der Waals surface area contributed by atoms with Crippen LogP contribution in [0.4, 0.5) is 0 Å². The summed E-state index contributed by atoms with van der Waals surface area (Å²) in [4.78, 5) is 43.8. The molecule has 2 aromatic carbocycles. The summed E-state index contributed by atoms with van der Waals surface area (Å²) in [5.41, 5.74) is 1.68. The molecule has 3 aromatic rings. The van der Waals surface area contributed by atoms with E-state index in [0.29, 0.717) is 59.3 Å². The predicted octanol–water partition coefficient (Wildman–Crippen LogP) is 3.74. The first-order valence-electron chi connectivity index (χ1n) is 12.7. The Balaban J connectivity index is 1.94. The number of methoxy groups -OCH3 is 2. The molecule has 0 amide bonds. The number of thiazole rings is 1. The lowest BCUT2D eigenvalue weighted by Gasteiger charge is -2.25.